The summed E-state index contributed by atoms with van der Waals surface area (Å²) in [5.41, 5.74) is 13.2. The average Bonchev–Trinajstić information content (AvgIpc) is 3.06. The van der Waals surface area contributed by atoms with Crippen molar-refractivity contribution in [2.24, 2.45) is 0 Å². The minimum Gasteiger partial charge on any atom is -0.294 e. The van der Waals surface area contributed by atoms with Crippen molar-refractivity contribution in [1.29, 1.82) is 0 Å². The first-order valence-corrected chi connectivity index (χ1v) is 15.5. The maximum atomic E-state index is 5.18. The first kappa shape index (κ1) is 26.6. The number of rotatable bonds is 3. The normalized spacial score (nSPS) is 16.0. The molecule has 6 aromatic rings. The van der Waals surface area contributed by atoms with E-state index in [0.29, 0.717) is 0 Å². The number of hydrogen-bond acceptors (Lipinski definition) is 3. The maximum absolute atomic E-state index is 5.18. The van der Waals surface area contributed by atoms with Gasteiger partial charge < -0.3 is 0 Å². The van der Waals surface area contributed by atoms with Crippen LogP contribution in [0, 0.1) is 0 Å². The molecular formula is C41H35N3. The molecule has 4 aromatic carbocycles. The zero-order valence-electron chi connectivity index (χ0n) is 25.6. The van der Waals surface area contributed by atoms with Gasteiger partial charge >= 0.3 is 0 Å². The highest BCUT2D eigenvalue weighted by Gasteiger charge is 2.40. The second-order valence-electron chi connectivity index (χ2n) is 13.0. The fourth-order valence-electron chi connectivity index (χ4n) is 7.80. The van der Waals surface area contributed by atoms with Crippen LogP contribution in [0.5, 0.6) is 0 Å². The molecule has 3 nitrogen and oxygen atoms in total. The van der Waals surface area contributed by atoms with Gasteiger partial charge in [-0.15, -0.1) is 0 Å². The lowest BCUT2D eigenvalue weighted by Gasteiger charge is -2.42. The van der Waals surface area contributed by atoms with Gasteiger partial charge in [-0.3, -0.25) is 9.88 Å². The van der Waals surface area contributed by atoms with E-state index in [4.69, 9.17) is 9.97 Å². The van der Waals surface area contributed by atoms with Gasteiger partial charge in [0.05, 0.1) is 23.0 Å². The van der Waals surface area contributed by atoms with Crippen LogP contribution in [0.15, 0.2) is 134 Å². The Kier molecular flexibility index (Phi) is 5.89. The predicted molar refractivity (Wildman–Crippen MR) is 180 cm³/mol. The van der Waals surface area contributed by atoms with Crippen molar-refractivity contribution in [3.63, 3.8) is 0 Å². The zero-order chi connectivity index (χ0) is 30.1. The minimum absolute atomic E-state index is 0.000423. The highest BCUT2D eigenvalue weighted by atomic mass is 15.2. The molecule has 3 heterocycles. The van der Waals surface area contributed by atoms with E-state index in [9.17, 15) is 0 Å². The molecule has 0 bridgehead atoms. The Morgan fingerprint density at radius 3 is 1.52 bits per heavy atom. The Hall–Kier alpha value is -5.02. The summed E-state index contributed by atoms with van der Waals surface area (Å²) in [4.78, 5) is 12.7. The van der Waals surface area contributed by atoms with Crippen molar-refractivity contribution in [3.8, 4) is 11.1 Å². The molecule has 0 N–H and O–H groups in total. The van der Waals surface area contributed by atoms with Gasteiger partial charge in [0.25, 0.3) is 0 Å². The summed E-state index contributed by atoms with van der Waals surface area (Å²) in [7, 11) is 0. The van der Waals surface area contributed by atoms with E-state index in [0.717, 1.165) is 34.0 Å². The van der Waals surface area contributed by atoms with E-state index in [2.05, 4.69) is 148 Å². The Morgan fingerprint density at radius 1 is 0.477 bits per heavy atom. The van der Waals surface area contributed by atoms with Crippen molar-refractivity contribution in [2.75, 3.05) is 4.90 Å². The molecule has 0 radical (unpaired) electrons. The molecule has 0 saturated heterocycles. The summed E-state index contributed by atoms with van der Waals surface area (Å²) in [5, 5.41) is 0. The summed E-state index contributed by atoms with van der Waals surface area (Å²) < 4.78 is 0. The number of fused-ring (bicyclic) bond motifs is 4. The number of benzene rings is 4. The predicted octanol–water partition coefficient (Wildman–Crippen LogP) is 10.1. The third-order valence-corrected chi connectivity index (χ3v) is 9.93. The van der Waals surface area contributed by atoms with Crippen molar-refractivity contribution in [2.45, 2.75) is 44.4 Å². The SMILES string of the molecule is CC1(C)c2ccccc2C(c2ncccc2-c2cccnc2N2c3ccccc3C(C)(C)c3ccccc32)c2ccccc21. The summed E-state index contributed by atoms with van der Waals surface area (Å²) in [6.45, 7) is 9.32. The summed E-state index contributed by atoms with van der Waals surface area (Å²) in [5.74, 6) is 0.911. The number of nitrogens with zero attached hydrogens (tertiary/aromatic N) is 3. The molecule has 0 unspecified atom stereocenters. The highest BCUT2D eigenvalue weighted by Crippen LogP contribution is 2.54. The molecule has 0 fully saturated rings. The lowest BCUT2D eigenvalue weighted by Crippen LogP contribution is -2.31. The van der Waals surface area contributed by atoms with Crippen molar-refractivity contribution < 1.29 is 0 Å². The zero-order valence-corrected chi connectivity index (χ0v) is 25.6. The van der Waals surface area contributed by atoms with E-state index in [1.165, 1.54) is 33.4 Å². The van der Waals surface area contributed by atoms with Gasteiger partial charge in [-0.2, -0.15) is 0 Å². The molecule has 0 amide bonds. The van der Waals surface area contributed by atoms with Crippen LogP contribution < -0.4 is 4.90 Å². The molecule has 44 heavy (non-hydrogen) atoms. The topological polar surface area (TPSA) is 29.0 Å². The minimum atomic E-state index is -0.138. The van der Waals surface area contributed by atoms with Gasteiger partial charge in [0.1, 0.15) is 5.82 Å². The van der Waals surface area contributed by atoms with Crippen LogP contribution in [0.4, 0.5) is 17.2 Å². The molecule has 2 aromatic heterocycles. The number of aromatic nitrogens is 2. The van der Waals surface area contributed by atoms with Crippen LogP contribution >= 0.6 is 0 Å². The number of para-hydroxylation sites is 2. The lowest BCUT2D eigenvalue weighted by molar-refractivity contribution is 0.595. The molecule has 2 aliphatic rings. The molecule has 0 spiro atoms. The van der Waals surface area contributed by atoms with E-state index in [-0.39, 0.29) is 16.7 Å². The first-order chi connectivity index (χ1) is 21.4. The molecule has 214 valence electrons. The standard InChI is InChI=1S/C41H35N3/c1-40(2)31-19-7-5-15-29(31)37(30-16-6-8-20-32(30)40)38-27(17-13-25-42-38)28-18-14-26-43-39(28)44-35-23-11-9-21-33(35)41(3,4)34-22-10-12-24-36(34)44/h5-26,37H,1-4H3. The number of pyridine rings is 2. The van der Waals surface area contributed by atoms with Crippen LogP contribution in [0.25, 0.3) is 11.1 Å². The van der Waals surface area contributed by atoms with Crippen molar-refractivity contribution in [3.05, 3.63) is 173 Å². The summed E-state index contributed by atoms with van der Waals surface area (Å²) in [6, 6.07) is 43.9. The molecule has 3 heteroatoms. The molecule has 1 aliphatic heterocycles. The van der Waals surface area contributed by atoms with Crippen LogP contribution in [0.1, 0.15) is 72.7 Å². The van der Waals surface area contributed by atoms with Crippen LogP contribution in [0.3, 0.4) is 0 Å². The smallest absolute Gasteiger partial charge is 0.145 e. The van der Waals surface area contributed by atoms with Gasteiger partial charge in [0, 0.05) is 34.4 Å². The number of hydrogen-bond donors (Lipinski definition) is 0. The Labute approximate surface area is 259 Å². The van der Waals surface area contributed by atoms with E-state index >= 15 is 0 Å². The quantitative estimate of drug-likeness (QED) is 0.212. The average molecular weight is 570 g/mol. The second kappa shape index (κ2) is 9.75. The van der Waals surface area contributed by atoms with E-state index in [1.54, 1.807) is 0 Å². The third-order valence-electron chi connectivity index (χ3n) is 9.93. The molecule has 0 saturated carbocycles. The maximum Gasteiger partial charge on any atom is 0.145 e. The van der Waals surface area contributed by atoms with Crippen molar-refractivity contribution in [1.82, 2.24) is 9.97 Å². The van der Waals surface area contributed by atoms with Gasteiger partial charge in [0.15, 0.2) is 0 Å². The van der Waals surface area contributed by atoms with Crippen LogP contribution in [0.2, 0.25) is 0 Å². The molecule has 1 aliphatic carbocycles. The van der Waals surface area contributed by atoms with E-state index < -0.39 is 0 Å². The van der Waals surface area contributed by atoms with Gasteiger partial charge in [-0.05, 0) is 63.7 Å². The fraction of sp³-hybridized carbons (Fsp3) is 0.171. The molecule has 8 rings (SSSR count). The summed E-state index contributed by atoms with van der Waals surface area (Å²) in [6.07, 6.45) is 3.85. The largest absolute Gasteiger partial charge is 0.294 e. The second-order valence-corrected chi connectivity index (χ2v) is 13.0. The van der Waals surface area contributed by atoms with Crippen LogP contribution in [-0.4, -0.2) is 9.97 Å². The van der Waals surface area contributed by atoms with Gasteiger partial charge in [-0.25, -0.2) is 4.98 Å². The molecule has 0 atom stereocenters. The first-order valence-electron chi connectivity index (χ1n) is 15.5. The third kappa shape index (κ3) is 3.75. The Bertz CT molecular complexity index is 1810. The fourth-order valence-corrected chi connectivity index (χ4v) is 7.80. The van der Waals surface area contributed by atoms with E-state index in [1.807, 2.05) is 18.5 Å². The van der Waals surface area contributed by atoms with Gasteiger partial charge in [0.2, 0.25) is 0 Å². The molecular weight excluding hydrogens is 534 g/mol. The van der Waals surface area contributed by atoms with Crippen molar-refractivity contribution >= 4 is 17.2 Å². The highest BCUT2D eigenvalue weighted by molar-refractivity contribution is 5.91. The van der Waals surface area contributed by atoms with Gasteiger partial charge in [-0.1, -0.05) is 119 Å². The Morgan fingerprint density at radius 2 is 0.932 bits per heavy atom. The Balaban J connectivity index is 1.38. The lowest BCUT2D eigenvalue weighted by atomic mass is 9.64. The number of anilines is 3. The summed E-state index contributed by atoms with van der Waals surface area (Å²) >= 11 is 0. The monoisotopic (exact) mass is 569 g/mol. The van der Waals surface area contributed by atoms with Crippen LogP contribution in [-0.2, 0) is 10.8 Å².